The monoisotopic (exact) mass is 489 g/mol. The Morgan fingerprint density at radius 3 is 2.62 bits per heavy atom. The molecule has 26 heavy (non-hydrogen) atoms. The summed E-state index contributed by atoms with van der Waals surface area (Å²) in [6.07, 6.45) is 0. The average Bonchev–Trinajstić information content (AvgIpc) is 2.83. The van der Waals surface area contributed by atoms with E-state index in [1.54, 1.807) is 26.8 Å². The van der Waals surface area contributed by atoms with Crippen LogP contribution in [-0.2, 0) is 14.4 Å². The molecular weight excluding hydrogens is 469 g/mol. The molecule has 2 aliphatic rings. The molecule has 0 aromatic heterocycles. The highest BCUT2D eigenvalue weighted by molar-refractivity contribution is 14.1. The minimum Gasteiger partial charge on any atom is -0.480 e. The van der Waals surface area contributed by atoms with Crippen LogP contribution in [0.2, 0.25) is 0 Å². The lowest BCUT2D eigenvalue weighted by Gasteiger charge is -2.51. The number of rotatable bonds is 4. The summed E-state index contributed by atoms with van der Waals surface area (Å²) in [6, 6.07) is 5.46. The topological polar surface area (TPSA) is 113 Å². The Labute approximate surface area is 169 Å². The van der Waals surface area contributed by atoms with E-state index in [0.29, 0.717) is 5.56 Å². The number of aliphatic carboxylic acids is 1. The van der Waals surface area contributed by atoms with Gasteiger partial charge < -0.3 is 21.1 Å². The van der Waals surface area contributed by atoms with Crippen LogP contribution in [-0.4, -0.2) is 49.5 Å². The van der Waals surface area contributed by atoms with Gasteiger partial charge in [0, 0.05) is 8.32 Å². The van der Waals surface area contributed by atoms with Gasteiger partial charge in [0.05, 0.1) is 0 Å². The van der Waals surface area contributed by atoms with Crippen molar-refractivity contribution in [3.05, 3.63) is 33.4 Å². The fourth-order valence-electron chi connectivity index (χ4n) is 3.52. The summed E-state index contributed by atoms with van der Waals surface area (Å²) in [4.78, 5) is 38.3. The first-order chi connectivity index (χ1) is 12.0. The van der Waals surface area contributed by atoms with Crippen molar-refractivity contribution in [1.82, 2.24) is 10.2 Å². The Morgan fingerprint density at radius 2 is 2.04 bits per heavy atom. The van der Waals surface area contributed by atoms with Crippen molar-refractivity contribution in [2.45, 2.75) is 48.5 Å². The molecule has 1 aromatic carbocycles. The van der Waals surface area contributed by atoms with Crippen LogP contribution in [0.1, 0.15) is 32.4 Å². The van der Waals surface area contributed by atoms with E-state index in [-0.39, 0.29) is 0 Å². The third kappa shape index (κ3) is 2.89. The molecule has 4 atom stereocenters. The third-order valence-corrected chi connectivity index (χ3v) is 7.31. The quantitative estimate of drug-likeness (QED) is 0.435. The van der Waals surface area contributed by atoms with Crippen LogP contribution < -0.4 is 11.1 Å². The fraction of sp³-hybridized carbons (Fsp3) is 0.471. The number of carboxylic acids is 1. The minimum atomic E-state index is -1.16. The van der Waals surface area contributed by atoms with Crippen molar-refractivity contribution < 1.29 is 19.5 Å². The number of carboxylic acid groups (broad SMARTS) is 1. The lowest BCUT2D eigenvalue weighted by atomic mass is 9.85. The molecule has 0 bridgehead atoms. The summed E-state index contributed by atoms with van der Waals surface area (Å²) in [7, 11) is 0. The number of benzene rings is 1. The number of nitrogens with one attached hydrogen (secondary N) is 1. The Bertz CT molecular complexity index is 802. The predicted molar refractivity (Wildman–Crippen MR) is 106 cm³/mol. The molecule has 7 nitrogen and oxygen atoms in total. The van der Waals surface area contributed by atoms with E-state index in [2.05, 4.69) is 27.9 Å². The number of fused-ring (bicyclic) bond motifs is 1. The van der Waals surface area contributed by atoms with Gasteiger partial charge in [-0.05, 0) is 61.1 Å². The van der Waals surface area contributed by atoms with E-state index in [4.69, 9.17) is 5.73 Å². The molecule has 2 amide bonds. The van der Waals surface area contributed by atoms with Crippen molar-refractivity contribution in [2.24, 2.45) is 5.73 Å². The van der Waals surface area contributed by atoms with Gasteiger partial charge in [-0.3, -0.25) is 9.59 Å². The standard InChI is InChI=1S/C17H20IN3O4S/c1-16(2)11(13(23)24)21-14(25)17(3,15(21)26-16)20-12(22)10(19)8-5-4-6-9(18)7-8/h4-7,10-11,15H,19H2,1-3H3,(H,20,22)(H,23,24)/t10?,11-,15+,17?/m0/s1. The molecule has 2 fully saturated rings. The average molecular weight is 489 g/mol. The van der Waals surface area contributed by atoms with Crippen LogP contribution in [0.4, 0.5) is 0 Å². The van der Waals surface area contributed by atoms with E-state index < -0.39 is 45.5 Å². The van der Waals surface area contributed by atoms with Crippen molar-refractivity contribution in [3.63, 3.8) is 0 Å². The molecular formula is C17H20IN3O4S. The lowest BCUT2D eigenvalue weighted by molar-refractivity contribution is -0.168. The fourth-order valence-corrected chi connectivity index (χ4v) is 5.74. The maximum absolute atomic E-state index is 12.7. The van der Waals surface area contributed by atoms with Crippen molar-refractivity contribution in [3.8, 4) is 0 Å². The number of carbonyl (C=O) groups excluding carboxylic acids is 2. The number of amides is 2. The molecule has 0 radical (unpaired) electrons. The van der Waals surface area contributed by atoms with Gasteiger partial charge in [0.15, 0.2) is 0 Å². The molecule has 140 valence electrons. The van der Waals surface area contributed by atoms with Gasteiger partial charge in [-0.2, -0.15) is 0 Å². The molecule has 0 spiro atoms. The van der Waals surface area contributed by atoms with Crippen LogP contribution in [0.15, 0.2) is 24.3 Å². The highest BCUT2D eigenvalue weighted by Gasteiger charge is 2.70. The maximum atomic E-state index is 12.7. The van der Waals surface area contributed by atoms with Crippen molar-refractivity contribution in [2.75, 3.05) is 0 Å². The largest absolute Gasteiger partial charge is 0.480 e. The second kappa shape index (κ2) is 6.38. The number of nitrogens with zero attached hydrogens (tertiary/aromatic N) is 1. The number of thioether (sulfide) groups is 1. The second-order valence-corrected chi connectivity index (χ2v) is 10.2. The van der Waals surface area contributed by atoms with Crippen molar-refractivity contribution in [1.29, 1.82) is 0 Å². The summed E-state index contributed by atoms with van der Waals surface area (Å²) >= 11 is 3.52. The zero-order valence-electron chi connectivity index (χ0n) is 14.5. The molecule has 9 heteroatoms. The van der Waals surface area contributed by atoms with Gasteiger partial charge in [-0.15, -0.1) is 11.8 Å². The van der Waals surface area contributed by atoms with E-state index in [1.807, 2.05) is 18.2 Å². The third-order valence-electron chi connectivity index (χ3n) is 4.88. The number of halogens is 1. The van der Waals surface area contributed by atoms with Gasteiger partial charge in [-0.25, -0.2) is 4.79 Å². The number of hydrogen-bond acceptors (Lipinski definition) is 5. The summed E-state index contributed by atoms with van der Waals surface area (Å²) in [5.41, 5.74) is 5.56. The van der Waals surface area contributed by atoms with Crippen LogP contribution in [0, 0.1) is 3.57 Å². The van der Waals surface area contributed by atoms with E-state index in [0.717, 1.165) is 3.57 Å². The first-order valence-corrected chi connectivity index (χ1v) is 10.0. The Kier molecular flexibility index (Phi) is 4.77. The molecule has 2 heterocycles. The number of hydrogen-bond donors (Lipinski definition) is 3. The molecule has 2 unspecified atom stereocenters. The number of nitrogens with two attached hydrogens (primary N) is 1. The van der Waals surface area contributed by atoms with Crippen molar-refractivity contribution >= 4 is 52.1 Å². The normalized spacial score (nSPS) is 30.3. The predicted octanol–water partition coefficient (Wildman–Crippen LogP) is 1.31. The van der Waals surface area contributed by atoms with Gasteiger partial charge in [0.25, 0.3) is 5.91 Å². The Hall–Kier alpha value is -1.33. The second-order valence-electron chi connectivity index (χ2n) is 7.25. The highest BCUT2D eigenvalue weighted by Crippen LogP contribution is 2.54. The molecule has 1 aromatic rings. The first kappa shape index (κ1) is 19.4. The van der Waals surface area contributed by atoms with E-state index in [9.17, 15) is 19.5 Å². The SMILES string of the molecule is CC1(C)S[C@H]2N(C(=O)C2(C)NC(=O)C(N)c2cccc(I)c2)[C@H]1C(=O)O. The lowest BCUT2D eigenvalue weighted by Crippen LogP contribution is -2.78. The van der Waals surface area contributed by atoms with Gasteiger partial charge >= 0.3 is 5.97 Å². The van der Waals surface area contributed by atoms with Crippen LogP contribution in [0.5, 0.6) is 0 Å². The molecule has 2 saturated heterocycles. The first-order valence-electron chi connectivity index (χ1n) is 8.05. The van der Waals surface area contributed by atoms with Gasteiger partial charge in [-0.1, -0.05) is 12.1 Å². The van der Waals surface area contributed by atoms with Crippen LogP contribution in [0.25, 0.3) is 0 Å². The van der Waals surface area contributed by atoms with Crippen LogP contribution in [0.3, 0.4) is 0 Å². The van der Waals surface area contributed by atoms with Gasteiger partial charge in [0.1, 0.15) is 23.0 Å². The van der Waals surface area contributed by atoms with E-state index >= 15 is 0 Å². The summed E-state index contributed by atoms with van der Waals surface area (Å²) in [6.45, 7) is 5.22. The molecule has 3 rings (SSSR count). The summed E-state index contributed by atoms with van der Waals surface area (Å²) < 4.78 is 0.310. The summed E-state index contributed by atoms with van der Waals surface area (Å²) in [5.74, 6) is -1.89. The molecule has 4 N–H and O–H groups in total. The molecule has 2 aliphatic heterocycles. The minimum absolute atomic E-state index is 0.392. The molecule has 0 saturated carbocycles. The zero-order chi connectivity index (χ0) is 19.4. The molecule has 0 aliphatic carbocycles. The zero-order valence-corrected chi connectivity index (χ0v) is 17.5. The number of β-lactam (4-membered cyclic amide) rings is 1. The van der Waals surface area contributed by atoms with Gasteiger partial charge in [0.2, 0.25) is 5.91 Å². The van der Waals surface area contributed by atoms with Crippen LogP contribution >= 0.6 is 34.4 Å². The summed E-state index contributed by atoms with van der Waals surface area (Å²) in [5, 5.41) is 11.8. The highest BCUT2D eigenvalue weighted by atomic mass is 127. The Balaban J connectivity index is 1.79. The smallest absolute Gasteiger partial charge is 0.327 e. The van der Waals surface area contributed by atoms with E-state index in [1.165, 1.54) is 16.7 Å². The Morgan fingerprint density at radius 1 is 1.38 bits per heavy atom. The number of carbonyl (C=O) groups is 3. The maximum Gasteiger partial charge on any atom is 0.327 e.